The number of hydroxylamine groups is 1. The van der Waals surface area contributed by atoms with Crippen molar-refractivity contribution >= 4 is 28.3 Å². The van der Waals surface area contributed by atoms with E-state index < -0.39 is 12.5 Å². The third-order valence-corrected chi connectivity index (χ3v) is 3.82. The number of fused-ring (bicyclic) bond motifs is 1. The molecule has 3 aromatic rings. The summed E-state index contributed by atoms with van der Waals surface area (Å²) in [5.74, 6) is 0.125. The number of halogens is 1. The van der Waals surface area contributed by atoms with Crippen molar-refractivity contribution in [1.29, 1.82) is 0 Å². The van der Waals surface area contributed by atoms with Gasteiger partial charge in [0.15, 0.2) is 18.1 Å². The number of hydrogen-bond acceptors (Lipinski definition) is 7. The Morgan fingerprint density at radius 1 is 1.22 bits per heavy atom. The van der Waals surface area contributed by atoms with Crippen LogP contribution in [0.1, 0.15) is 5.56 Å². The van der Waals surface area contributed by atoms with Crippen LogP contribution in [0, 0.1) is 12.7 Å². The molecule has 1 heterocycles. The maximum absolute atomic E-state index is 13.5. The predicted molar refractivity (Wildman–Crippen MR) is 95.9 cm³/mol. The monoisotopic (exact) mass is 372 g/mol. The van der Waals surface area contributed by atoms with Gasteiger partial charge in [-0.2, -0.15) is 0 Å². The number of nitrogens with one attached hydrogen (secondary N) is 2. The molecule has 8 nitrogen and oxygen atoms in total. The number of carbonyl (C=O) groups excluding carboxylic acids is 1. The summed E-state index contributed by atoms with van der Waals surface area (Å²) in [5, 5.41) is 12.3. The number of aryl methyl sites for hydroxylation is 1. The molecule has 0 saturated carbocycles. The van der Waals surface area contributed by atoms with Gasteiger partial charge in [0.1, 0.15) is 18.0 Å². The summed E-state index contributed by atoms with van der Waals surface area (Å²) < 4.78 is 24.1. The lowest BCUT2D eigenvalue weighted by atomic mass is 10.2. The summed E-state index contributed by atoms with van der Waals surface area (Å²) >= 11 is 0. The average Bonchev–Trinajstić information content (AvgIpc) is 2.68. The van der Waals surface area contributed by atoms with E-state index in [1.807, 2.05) is 0 Å². The Hall–Kier alpha value is -3.46. The van der Waals surface area contributed by atoms with Crippen LogP contribution in [0.25, 0.3) is 10.9 Å². The minimum atomic E-state index is -0.707. The molecule has 0 atom stereocenters. The second-order valence-corrected chi connectivity index (χ2v) is 5.66. The molecule has 0 aliphatic heterocycles. The van der Waals surface area contributed by atoms with E-state index >= 15 is 0 Å². The number of carbonyl (C=O) groups is 1. The average molecular weight is 372 g/mol. The lowest BCUT2D eigenvalue weighted by molar-refractivity contribution is -0.131. The molecule has 1 aromatic heterocycles. The summed E-state index contributed by atoms with van der Waals surface area (Å²) in [6.07, 6.45) is 1.39. The van der Waals surface area contributed by atoms with Crippen LogP contribution in [0.4, 0.5) is 15.9 Å². The van der Waals surface area contributed by atoms with E-state index in [1.54, 1.807) is 31.2 Å². The van der Waals surface area contributed by atoms with E-state index in [4.69, 9.17) is 14.7 Å². The predicted octanol–water partition coefficient (Wildman–Crippen LogP) is 2.71. The van der Waals surface area contributed by atoms with Crippen molar-refractivity contribution in [3.63, 3.8) is 0 Å². The Bertz CT molecular complexity index is 997. The van der Waals surface area contributed by atoms with Crippen molar-refractivity contribution < 1.29 is 23.9 Å². The number of rotatable bonds is 6. The van der Waals surface area contributed by atoms with Gasteiger partial charge in [-0.05, 0) is 36.8 Å². The Kier molecular flexibility index (Phi) is 5.32. The van der Waals surface area contributed by atoms with Gasteiger partial charge in [-0.15, -0.1) is 0 Å². The Labute approximate surface area is 153 Å². The Morgan fingerprint density at radius 3 is 2.74 bits per heavy atom. The van der Waals surface area contributed by atoms with Gasteiger partial charge in [-0.1, -0.05) is 0 Å². The van der Waals surface area contributed by atoms with E-state index in [2.05, 4.69) is 15.3 Å². The largest absolute Gasteiger partial charge is 0.493 e. The zero-order chi connectivity index (χ0) is 19.4. The Morgan fingerprint density at radius 2 is 2.04 bits per heavy atom. The third kappa shape index (κ3) is 4.04. The van der Waals surface area contributed by atoms with Gasteiger partial charge in [-0.3, -0.25) is 10.0 Å². The lowest BCUT2D eigenvalue weighted by Crippen LogP contribution is -2.25. The molecule has 0 aliphatic rings. The molecule has 0 radical (unpaired) electrons. The number of benzene rings is 2. The van der Waals surface area contributed by atoms with Gasteiger partial charge in [0, 0.05) is 17.1 Å². The Balaban J connectivity index is 2.00. The summed E-state index contributed by atoms with van der Waals surface area (Å²) in [5.41, 5.74) is 3.23. The zero-order valence-electron chi connectivity index (χ0n) is 14.6. The molecular weight excluding hydrogens is 355 g/mol. The summed E-state index contributed by atoms with van der Waals surface area (Å²) in [6, 6.07) is 7.90. The molecule has 2 aromatic carbocycles. The van der Waals surface area contributed by atoms with Gasteiger partial charge < -0.3 is 14.8 Å². The van der Waals surface area contributed by atoms with E-state index in [-0.39, 0.29) is 11.6 Å². The molecule has 0 spiro atoms. The van der Waals surface area contributed by atoms with E-state index in [0.29, 0.717) is 33.7 Å². The van der Waals surface area contributed by atoms with Crippen LogP contribution in [0.15, 0.2) is 36.7 Å². The number of ether oxygens (including phenoxy) is 2. The highest BCUT2D eigenvalue weighted by Gasteiger charge is 2.13. The van der Waals surface area contributed by atoms with Crippen molar-refractivity contribution in [3.05, 3.63) is 48.0 Å². The molecule has 0 fully saturated rings. The highest BCUT2D eigenvalue weighted by Crippen LogP contribution is 2.34. The lowest BCUT2D eigenvalue weighted by Gasteiger charge is -2.13. The molecule has 0 unspecified atom stereocenters. The van der Waals surface area contributed by atoms with Crippen LogP contribution in [0.5, 0.6) is 11.5 Å². The second kappa shape index (κ2) is 7.83. The number of nitrogens with zero attached hydrogens (tertiary/aromatic N) is 2. The highest BCUT2D eigenvalue weighted by atomic mass is 19.1. The highest BCUT2D eigenvalue weighted by molar-refractivity contribution is 5.93. The smallest absolute Gasteiger partial charge is 0.281 e. The van der Waals surface area contributed by atoms with Crippen LogP contribution in [0.2, 0.25) is 0 Å². The van der Waals surface area contributed by atoms with E-state index in [0.717, 1.165) is 0 Å². The first-order valence-corrected chi connectivity index (χ1v) is 7.93. The zero-order valence-corrected chi connectivity index (χ0v) is 14.6. The van der Waals surface area contributed by atoms with Crippen LogP contribution in [-0.2, 0) is 4.79 Å². The molecule has 0 saturated heterocycles. The van der Waals surface area contributed by atoms with Gasteiger partial charge in [0.05, 0.1) is 12.6 Å². The van der Waals surface area contributed by atoms with Gasteiger partial charge in [0.2, 0.25) is 0 Å². The molecular formula is C18H17FN4O4. The minimum absolute atomic E-state index is 0.279. The topological polar surface area (TPSA) is 106 Å². The molecule has 0 aliphatic carbocycles. The normalized spacial score (nSPS) is 10.5. The number of hydrogen-bond donors (Lipinski definition) is 3. The van der Waals surface area contributed by atoms with Crippen molar-refractivity contribution in [1.82, 2.24) is 15.4 Å². The number of aromatic nitrogens is 2. The first kappa shape index (κ1) is 18.3. The molecule has 3 rings (SSSR count). The van der Waals surface area contributed by atoms with Crippen molar-refractivity contribution in [3.8, 4) is 11.5 Å². The van der Waals surface area contributed by atoms with Crippen LogP contribution in [0.3, 0.4) is 0 Å². The van der Waals surface area contributed by atoms with Crippen LogP contribution >= 0.6 is 0 Å². The van der Waals surface area contributed by atoms with E-state index in [9.17, 15) is 9.18 Å². The van der Waals surface area contributed by atoms with Crippen molar-refractivity contribution in [2.75, 3.05) is 19.0 Å². The second-order valence-electron chi connectivity index (χ2n) is 5.66. The summed E-state index contributed by atoms with van der Waals surface area (Å²) in [4.78, 5) is 19.7. The molecule has 140 valence electrons. The fourth-order valence-corrected chi connectivity index (χ4v) is 2.47. The minimum Gasteiger partial charge on any atom is -0.493 e. The fraction of sp³-hybridized carbons (Fsp3) is 0.167. The standard InChI is InChI=1S/C18H17FN4O4/c1-10-5-11(3-4-13(10)19)22-18-12-6-16(27-8-17(24)23-25)15(26-2)7-14(12)20-9-21-18/h3-7,9,25H,8H2,1-2H3,(H,23,24)(H,20,21,22). The molecule has 27 heavy (non-hydrogen) atoms. The SMILES string of the molecule is COc1cc2ncnc(Nc3ccc(F)c(C)c3)c2cc1OCC(=O)NO. The molecule has 9 heteroatoms. The molecule has 3 N–H and O–H groups in total. The summed E-state index contributed by atoms with van der Waals surface area (Å²) in [7, 11) is 1.46. The van der Waals surface area contributed by atoms with Crippen molar-refractivity contribution in [2.45, 2.75) is 6.92 Å². The number of anilines is 2. The molecule has 1 amide bonds. The van der Waals surface area contributed by atoms with Gasteiger partial charge in [-0.25, -0.2) is 19.8 Å². The molecule has 0 bridgehead atoms. The number of methoxy groups -OCH3 is 1. The van der Waals surface area contributed by atoms with Gasteiger partial charge in [0.25, 0.3) is 5.91 Å². The van der Waals surface area contributed by atoms with Crippen LogP contribution < -0.4 is 20.3 Å². The maximum atomic E-state index is 13.5. The van der Waals surface area contributed by atoms with E-state index in [1.165, 1.54) is 25.0 Å². The maximum Gasteiger partial charge on any atom is 0.281 e. The quantitative estimate of drug-likeness (QED) is 0.451. The van der Waals surface area contributed by atoms with Gasteiger partial charge >= 0.3 is 0 Å². The van der Waals surface area contributed by atoms with Crippen molar-refractivity contribution in [2.24, 2.45) is 0 Å². The fourth-order valence-electron chi connectivity index (χ4n) is 2.47. The number of amides is 1. The third-order valence-electron chi connectivity index (χ3n) is 3.82. The van der Waals surface area contributed by atoms with Crippen LogP contribution in [-0.4, -0.2) is 34.8 Å². The summed E-state index contributed by atoms with van der Waals surface area (Å²) in [6.45, 7) is 1.27. The first-order chi connectivity index (χ1) is 13.0. The first-order valence-electron chi connectivity index (χ1n) is 7.93.